The Kier molecular flexibility index (Phi) is 3.31. The van der Waals surface area contributed by atoms with Crippen LogP contribution in [0.5, 0.6) is 0 Å². The third kappa shape index (κ3) is 2.12. The van der Waals surface area contributed by atoms with Crippen LogP contribution in [0, 0.1) is 5.82 Å². The van der Waals surface area contributed by atoms with Gasteiger partial charge >= 0.3 is 0 Å². The van der Waals surface area contributed by atoms with E-state index in [1.165, 1.54) is 6.07 Å². The highest BCUT2D eigenvalue weighted by Gasteiger charge is 2.09. The van der Waals surface area contributed by atoms with Crippen LogP contribution in [0.1, 0.15) is 12.5 Å². The average Bonchev–Trinajstić information content (AvgIpc) is 2.79. The molecule has 84 valence electrons. The average molecular weight is 219 g/mol. The monoisotopic (exact) mass is 219 g/mol. The van der Waals surface area contributed by atoms with E-state index in [0.29, 0.717) is 12.2 Å². The lowest BCUT2D eigenvalue weighted by Gasteiger charge is -2.11. The topological polar surface area (TPSA) is 29.9 Å². The molecule has 0 spiro atoms. The Balaban J connectivity index is 2.41. The summed E-state index contributed by atoms with van der Waals surface area (Å²) in [4.78, 5) is 3.94. The number of nitrogens with one attached hydrogen (secondary N) is 1. The standard InChI is InChI=1S/C12H14FN3/c1-2-14-8-10-4-3-5-11(13)12(10)16-7-6-15-9-16/h3-7,9,14H,2,8H2,1H3. The number of aromatic nitrogens is 2. The van der Waals surface area contributed by atoms with E-state index in [9.17, 15) is 4.39 Å². The number of benzene rings is 1. The predicted molar refractivity (Wildman–Crippen MR) is 60.9 cm³/mol. The fourth-order valence-electron chi connectivity index (χ4n) is 1.64. The Bertz CT molecular complexity index is 451. The molecule has 0 atom stereocenters. The summed E-state index contributed by atoms with van der Waals surface area (Å²) < 4.78 is 15.5. The van der Waals surface area contributed by atoms with Gasteiger partial charge in [-0.25, -0.2) is 9.37 Å². The van der Waals surface area contributed by atoms with Crippen molar-refractivity contribution in [1.29, 1.82) is 0 Å². The van der Waals surface area contributed by atoms with Crippen LogP contribution in [0.15, 0.2) is 36.9 Å². The van der Waals surface area contributed by atoms with Crippen LogP contribution >= 0.6 is 0 Å². The highest BCUT2D eigenvalue weighted by atomic mass is 19.1. The molecule has 0 saturated carbocycles. The van der Waals surface area contributed by atoms with Crippen LogP contribution in [-0.2, 0) is 6.54 Å². The minimum Gasteiger partial charge on any atom is -0.313 e. The Hall–Kier alpha value is -1.68. The minimum atomic E-state index is -0.228. The number of rotatable bonds is 4. The maximum absolute atomic E-state index is 13.8. The zero-order valence-corrected chi connectivity index (χ0v) is 9.15. The molecule has 4 heteroatoms. The van der Waals surface area contributed by atoms with Crippen molar-refractivity contribution >= 4 is 0 Å². The molecule has 0 aliphatic carbocycles. The summed E-state index contributed by atoms with van der Waals surface area (Å²) >= 11 is 0. The molecule has 1 N–H and O–H groups in total. The van der Waals surface area contributed by atoms with E-state index >= 15 is 0 Å². The molecular weight excluding hydrogens is 205 g/mol. The van der Waals surface area contributed by atoms with E-state index < -0.39 is 0 Å². The van der Waals surface area contributed by atoms with Gasteiger partial charge in [0.2, 0.25) is 0 Å². The number of imidazole rings is 1. The maximum Gasteiger partial charge on any atom is 0.147 e. The predicted octanol–water partition coefficient (Wildman–Crippen LogP) is 2.12. The van der Waals surface area contributed by atoms with Crippen molar-refractivity contribution in [2.45, 2.75) is 13.5 Å². The maximum atomic E-state index is 13.8. The van der Waals surface area contributed by atoms with E-state index in [1.54, 1.807) is 29.4 Å². The molecule has 0 bridgehead atoms. The highest BCUT2D eigenvalue weighted by Crippen LogP contribution is 2.18. The first-order valence-electron chi connectivity index (χ1n) is 5.29. The molecule has 1 aromatic carbocycles. The van der Waals surface area contributed by atoms with Gasteiger partial charge in [-0.2, -0.15) is 0 Å². The van der Waals surface area contributed by atoms with Crippen molar-refractivity contribution in [1.82, 2.24) is 14.9 Å². The number of hydrogen-bond donors (Lipinski definition) is 1. The van der Waals surface area contributed by atoms with Crippen LogP contribution in [0.2, 0.25) is 0 Å². The quantitative estimate of drug-likeness (QED) is 0.853. The van der Waals surface area contributed by atoms with Crippen molar-refractivity contribution < 1.29 is 4.39 Å². The van der Waals surface area contributed by atoms with Gasteiger partial charge in [0, 0.05) is 18.9 Å². The van der Waals surface area contributed by atoms with E-state index in [-0.39, 0.29) is 5.82 Å². The summed E-state index contributed by atoms with van der Waals surface area (Å²) in [6, 6.07) is 5.11. The van der Waals surface area contributed by atoms with Gasteiger partial charge in [-0.05, 0) is 18.2 Å². The van der Waals surface area contributed by atoms with Crippen molar-refractivity contribution in [2.75, 3.05) is 6.54 Å². The van der Waals surface area contributed by atoms with Crippen molar-refractivity contribution in [3.63, 3.8) is 0 Å². The molecule has 2 rings (SSSR count). The van der Waals surface area contributed by atoms with Crippen LogP contribution in [-0.4, -0.2) is 16.1 Å². The van der Waals surface area contributed by atoms with Gasteiger partial charge in [-0.1, -0.05) is 19.1 Å². The Morgan fingerprint density at radius 2 is 2.31 bits per heavy atom. The summed E-state index contributed by atoms with van der Waals surface area (Å²) in [6.07, 6.45) is 4.99. The van der Waals surface area contributed by atoms with Gasteiger partial charge < -0.3 is 9.88 Å². The summed E-state index contributed by atoms with van der Waals surface area (Å²) in [7, 11) is 0. The lowest BCUT2D eigenvalue weighted by Crippen LogP contribution is -2.14. The van der Waals surface area contributed by atoms with E-state index in [4.69, 9.17) is 0 Å². The molecule has 0 fully saturated rings. The van der Waals surface area contributed by atoms with Crippen molar-refractivity contribution in [3.05, 3.63) is 48.3 Å². The van der Waals surface area contributed by atoms with Crippen LogP contribution in [0.4, 0.5) is 4.39 Å². The molecular formula is C12H14FN3. The summed E-state index contributed by atoms with van der Waals surface area (Å²) in [5.41, 5.74) is 1.50. The zero-order chi connectivity index (χ0) is 11.4. The molecule has 0 aliphatic heterocycles. The number of halogens is 1. The molecule has 0 saturated heterocycles. The highest BCUT2D eigenvalue weighted by molar-refractivity contribution is 5.42. The second-order valence-electron chi connectivity index (χ2n) is 3.50. The van der Waals surface area contributed by atoms with E-state index in [1.807, 2.05) is 13.0 Å². The lowest BCUT2D eigenvalue weighted by atomic mass is 10.1. The van der Waals surface area contributed by atoms with Gasteiger partial charge in [0.15, 0.2) is 0 Å². The molecule has 2 aromatic rings. The second-order valence-corrected chi connectivity index (χ2v) is 3.50. The first-order chi connectivity index (χ1) is 7.83. The van der Waals surface area contributed by atoms with Gasteiger partial charge in [0.1, 0.15) is 5.82 Å². The summed E-state index contributed by atoms with van der Waals surface area (Å²) in [5, 5.41) is 3.19. The zero-order valence-electron chi connectivity index (χ0n) is 9.15. The summed E-state index contributed by atoms with van der Waals surface area (Å²) in [5.74, 6) is -0.228. The molecule has 0 aliphatic rings. The molecule has 0 amide bonds. The fraction of sp³-hybridized carbons (Fsp3) is 0.250. The molecule has 0 radical (unpaired) electrons. The van der Waals surface area contributed by atoms with Crippen molar-refractivity contribution in [3.8, 4) is 5.69 Å². The Labute approximate surface area is 93.9 Å². The number of hydrogen-bond acceptors (Lipinski definition) is 2. The van der Waals surface area contributed by atoms with E-state index in [0.717, 1.165) is 12.1 Å². The molecule has 3 nitrogen and oxygen atoms in total. The fourth-order valence-corrected chi connectivity index (χ4v) is 1.64. The molecule has 16 heavy (non-hydrogen) atoms. The van der Waals surface area contributed by atoms with Crippen molar-refractivity contribution in [2.24, 2.45) is 0 Å². The first kappa shape index (κ1) is 10.8. The number of para-hydroxylation sites is 1. The Morgan fingerprint density at radius 1 is 1.44 bits per heavy atom. The Morgan fingerprint density at radius 3 is 3.00 bits per heavy atom. The first-order valence-corrected chi connectivity index (χ1v) is 5.29. The molecule has 0 unspecified atom stereocenters. The van der Waals surface area contributed by atoms with Crippen LogP contribution in [0.25, 0.3) is 5.69 Å². The third-order valence-electron chi connectivity index (χ3n) is 2.40. The summed E-state index contributed by atoms with van der Waals surface area (Å²) in [6.45, 7) is 3.54. The van der Waals surface area contributed by atoms with Crippen LogP contribution in [0.3, 0.4) is 0 Å². The number of nitrogens with zero attached hydrogens (tertiary/aromatic N) is 2. The van der Waals surface area contributed by atoms with Gasteiger partial charge in [0.05, 0.1) is 12.0 Å². The molecule has 1 heterocycles. The minimum absolute atomic E-state index is 0.228. The third-order valence-corrected chi connectivity index (χ3v) is 2.40. The van der Waals surface area contributed by atoms with Gasteiger partial charge in [0.25, 0.3) is 0 Å². The smallest absolute Gasteiger partial charge is 0.147 e. The largest absolute Gasteiger partial charge is 0.313 e. The normalized spacial score (nSPS) is 10.6. The lowest BCUT2D eigenvalue weighted by molar-refractivity contribution is 0.610. The van der Waals surface area contributed by atoms with Crippen LogP contribution < -0.4 is 5.32 Å². The van der Waals surface area contributed by atoms with E-state index in [2.05, 4.69) is 10.3 Å². The molecule has 1 aromatic heterocycles. The second kappa shape index (κ2) is 4.90. The SMILES string of the molecule is CCNCc1cccc(F)c1-n1ccnc1. The van der Waals surface area contributed by atoms with Gasteiger partial charge in [-0.15, -0.1) is 0 Å². The van der Waals surface area contributed by atoms with Gasteiger partial charge in [-0.3, -0.25) is 0 Å².